The maximum atomic E-state index is 6.03. The van der Waals surface area contributed by atoms with Crippen LogP contribution in [0.1, 0.15) is 109 Å². The van der Waals surface area contributed by atoms with Crippen molar-refractivity contribution in [3.63, 3.8) is 0 Å². The highest BCUT2D eigenvalue weighted by molar-refractivity contribution is 5.60. The van der Waals surface area contributed by atoms with Crippen LogP contribution in [0, 0.1) is 11.8 Å². The van der Waals surface area contributed by atoms with Crippen LogP contribution in [0.25, 0.3) is 11.3 Å². The van der Waals surface area contributed by atoms with Gasteiger partial charge in [-0.05, 0) is 73.4 Å². The largest absolute Gasteiger partial charge is 0.494 e. The van der Waals surface area contributed by atoms with E-state index in [9.17, 15) is 0 Å². The topological polar surface area (TPSA) is 22.1 Å². The van der Waals surface area contributed by atoms with Crippen molar-refractivity contribution < 1.29 is 4.74 Å². The number of nitrogens with zero attached hydrogens (tertiary/aromatic N) is 1. The van der Waals surface area contributed by atoms with Crippen molar-refractivity contribution >= 4 is 0 Å². The number of pyridine rings is 1. The molecule has 0 amide bonds. The summed E-state index contributed by atoms with van der Waals surface area (Å²) in [6.45, 7) is 5.42. The number of benzene rings is 1. The van der Waals surface area contributed by atoms with Gasteiger partial charge in [0.05, 0.1) is 12.3 Å². The minimum atomic E-state index is 0.833. The molecule has 0 radical (unpaired) electrons. The highest BCUT2D eigenvalue weighted by Crippen LogP contribution is 2.33. The summed E-state index contributed by atoms with van der Waals surface area (Å²) in [5, 5.41) is 0. The molecular formula is C31H47NO. The third-order valence-corrected chi connectivity index (χ3v) is 7.48. The van der Waals surface area contributed by atoms with Gasteiger partial charge in [-0.2, -0.15) is 0 Å². The molecule has 0 atom stereocenters. The molecular weight excluding hydrogens is 402 g/mol. The summed E-state index contributed by atoms with van der Waals surface area (Å²) in [5.74, 6) is 2.91. The molecule has 0 aliphatic heterocycles. The highest BCUT2D eigenvalue weighted by Gasteiger charge is 2.20. The predicted octanol–water partition coefficient (Wildman–Crippen LogP) is 9.42. The Labute approximate surface area is 203 Å². The SMILES string of the molecule is CCCCCCCCc1ccc(-c2ccc(OCCC[C@H]3CC[C@H](CCC)CC3)cc2)nc1. The number of hydrogen-bond acceptors (Lipinski definition) is 2. The molecule has 1 aliphatic carbocycles. The van der Waals surface area contributed by atoms with Gasteiger partial charge < -0.3 is 4.74 Å². The zero-order valence-corrected chi connectivity index (χ0v) is 21.4. The van der Waals surface area contributed by atoms with Gasteiger partial charge >= 0.3 is 0 Å². The predicted molar refractivity (Wildman–Crippen MR) is 142 cm³/mol. The average molecular weight is 450 g/mol. The first-order valence-corrected chi connectivity index (χ1v) is 14.0. The fraction of sp³-hybridized carbons (Fsp3) is 0.645. The molecule has 0 unspecified atom stereocenters. The van der Waals surface area contributed by atoms with E-state index < -0.39 is 0 Å². The van der Waals surface area contributed by atoms with E-state index in [4.69, 9.17) is 9.72 Å². The van der Waals surface area contributed by atoms with Crippen molar-refractivity contribution in [1.29, 1.82) is 0 Å². The molecule has 0 N–H and O–H groups in total. The van der Waals surface area contributed by atoms with Crippen LogP contribution in [-0.2, 0) is 6.42 Å². The second kappa shape index (κ2) is 15.1. The molecule has 2 aromatic rings. The lowest BCUT2D eigenvalue weighted by molar-refractivity contribution is 0.230. The van der Waals surface area contributed by atoms with E-state index >= 15 is 0 Å². The summed E-state index contributed by atoms with van der Waals surface area (Å²) < 4.78 is 6.03. The van der Waals surface area contributed by atoms with Gasteiger partial charge in [-0.15, -0.1) is 0 Å². The van der Waals surface area contributed by atoms with Crippen LogP contribution in [0.15, 0.2) is 42.6 Å². The van der Waals surface area contributed by atoms with Gasteiger partial charge in [0.1, 0.15) is 5.75 Å². The Bertz CT molecular complexity index is 743. The van der Waals surface area contributed by atoms with Crippen molar-refractivity contribution in [3.8, 4) is 17.0 Å². The van der Waals surface area contributed by atoms with Gasteiger partial charge in [-0.3, -0.25) is 4.98 Å². The van der Waals surface area contributed by atoms with Crippen LogP contribution in [0.5, 0.6) is 5.75 Å². The molecule has 2 nitrogen and oxygen atoms in total. The fourth-order valence-corrected chi connectivity index (χ4v) is 5.35. The van der Waals surface area contributed by atoms with Gasteiger partial charge in [-0.1, -0.05) is 90.5 Å². The zero-order chi connectivity index (χ0) is 23.1. The van der Waals surface area contributed by atoms with E-state index in [1.807, 2.05) is 0 Å². The lowest BCUT2D eigenvalue weighted by Crippen LogP contribution is -2.15. The fourth-order valence-electron chi connectivity index (χ4n) is 5.35. The number of rotatable bonds is 15. The second-order valence-corrected chi connectivity index (χ2v) is 10.3. The van der Waals surface area contributed by atoms with Crippen molar-refractivity contribution in [2.75, 3.05) is 6.61 Å². The van der Waals surface area contributed by atoms with Crippen LogP contribution < -0.4 is 4.74 Å². The molecule has 2 heteroatoms. The number of aryl methyl sites for hydroxylation is 1. The summed E-state index contributed by atoms with van der Waals surface area (Å²) in [6.07, 6.45) is 22.3. The average Bonchev–Trinajstić information content (AvgIpc) is 2.86. The van der Waals surface area contributed by atoms with Gasteiger partial charge in [-0.25, -0.2) is 0 Å². The third kappa shape index (κ3) is 9.51. The summed E-state index contributed by atoms with van der Waals surface area (Å²) in [6, 6.07) is 12.9. The first kappa shape index (κ1) is 25.8. The molecule has 1 aliphatic rings. The molecule has 182 valence electrons. The number of hydrogen-bond donors (Lipinski definition) is 0. The number of ether oxygens (including phenoxy) is 1. The first-order valence-electron chi connectivity index (χ1n) is 14.0. The van der Waals surface area contributed by atoms with Crippen molar-refractivity contribution in [1.82, 2.24) is 4.98 Å². The Balaban J connectivity index is 1.32. The molecule has 0 saturated heterocycles. The normalized spacial score (nSPS) is 18.4. The maximum absolute atomic E-state index is 6.03. The highest BCUT2D eigenvalue weighted by atomic mass is 16.5. The second-order valence-electron chi connectivity index (χ2n) is 10.3. The first-order chi connectivity index (χ1) is 16.3. The lowest BCUT2D eigenvalue weighted by Gasteiger charge is -2.28. The quantitative estimate of drug-likeness (QED) is 0.253. The number of unbranched alkanes of at least 4 members (excludes halogenated alkanes) is 5. The van der Waals surface area contributed by atoms with Crippen molar-refractivity contribution in [2.24, 2.45) is 11.8 Å². The molecule has 1 fully saturated rings. The van der Waals surface area contributed by atoms with Crippen LogP contribution >= 0.6 is 0 Å². The molecule has 0 spiro atoms. The van der Waals surface area contributed by atoms with E-state index in [-0.39, 0.29) is 0 Å². The van der Waals surface area contributed by atoms with Crippen LogP contribution in [0.4, 0.5) is 0 Å². The zero-order valence-electron chi connectivity index (χ0n) is 21.4. The summed E-state index contributed by atoms with van der Waals surface area (Å²) >= 11 is 0. The molecule has 3 rings (SSSR count). The monoisotopic (exact) mass is 449 g/mol. The molecule has 1 heterocycles. The Morgan fingerprint density at radius 1 is 0.727 bits per heavy atom. The molecule has 1 aromatic carbocycles. The third-order valence-electron chi connectivity index (χ3n) is 7.48. The van der Waals surface area contributed by atoms with Crippen LogP contribution in [-0.4, -0.2) is 11.6 Å². The summed E-state index contributed by atoms with van der Waals surface area (Å²) in [5.41, 5.74) is 3.57. The van der Waals surface area contributed by atoms with Crippen molar-refractivity contribution in [3.05, 3.63) is 48.2 Å². The van der Waals surface area contributed by atoms with E-state index in [1.165, 1.54) is 95.5 Å². The summed E-state index contributed by atoms with van der Waals surface area (Å²) in [4.78, 5) is 4.71. The Morgan fingerprint density at radius 3 is 2.09 bits per heavy atom. The van der Waals surface area contributed by atoms with Gasteiger partial charge in [0.25, 0.3) is 0 Å². The Kier molecular flexibility index (Phi) is 11.8. The standard InChI is InChI=1S/C31H47NO/c1-3-5-6-7-8-9-12-28-18-23-31(32-25-28)29-19-21-30(22-20-29)33-24-10-13-27-16-14-26(11-4-2)15-17-27/h18-23,25-27H,3-17,24H2,1-2H3/t26-,27-. The molecule has 1 saturated carbocycles. The van der Waals surface area contributed by atoms with E-state index in [1.54, 1.807) is 0 Å². The van der Waals surface area contributed by atoms with Gasteiger partial charge in [0.2, 0.25) is 0 Å². The van der Waals surface area contributed by atoms with Gasteiger partial charge in [0.15, 0.2) is 0 Å². The van der Waals surface area contributed by atoms with Crippen LogP contribution in [0.3, 0.4) is 0 Å². The molecule has 1 aromatic heterocycles. The summed E-state index contributed by atoms with van der Waals surface area (Å²) in [7, 11) is 0. The number of aromatic nitrogens is 1. The van der Waals surface area contributed by atoms with E-state index in [0.717, 1.165) is 41.9 Å². The minimum absolute atomic E-state index is 0.833. The Hall–Kier alpha value is -1.83. The van der Waals surface area contributed by atoms with Gasteiger partial charge in [0, 0.05) is 11.8 Å². The van der Waals surface area contributed by atoms with E-state index in [0.29, 0.717) is 0 Å². The Morgan fingerprint density at radius 2 is 1.42 bits per heavy atom. The molecule has 0 bridgehead atoms. The van der Waals surface area contributed by atoms with E-state index in [2.05, 4.69) is 56.4 Å². The van der Waals surface area contributed by atoms with Crippen molar-refractivity contribution in [2.45, 2.75) is 110 Å². The molecule has 33 heavy (non-hydrogen) atoms. The minimum Gasteiger partial charge on any atom is -0.494 e. The maximum Gasteiger partial charge on any atom is 0.119 e. The smallest absolute Gasteiger partial charge is 0.119 e. The lowest BCUT2D eigenvalue weighted by atomic mass is 9.78. The van der Waals surface area contributed by atoms with Crippen LogP contribution in [0.2, 0.25) is 0 Å².